The lowest BCUT2D eigenvalue weighted by molar-refractivity contribution is 0.148. The van der Waals surface area contributed by atoms with Crippen molar-refractivity contribution in [1.29, 1.82) is 0 Å². The molecule has 2 aromatic rings. The Morgan fingerprint density at radius 2 is 1.88 bits per heavy atom. The first kappa shape index (κ1) is 18.1. The molecule has 2 heterocycles. The van der Waals surface area contributed by atoms with Crippen molar-refractivity contribution in [1.82, 2.24) is 19.8 Å². The predicted octanol–water partition coefficient (Wildman–Crippen LogP) is 1.48. The van der Waals surface area contributed by atoms with E-state index < -0.39 is 6.03 Å². The number of anilines is 3. The molecule has 0 spiro atoms. The van der Waals surface area contributed by atoms with Gasteiger partial charge in [-0.25, -0.2) is 14.8 Å². The fourth-order valence-corrected chi connectivity index (χ4v) is 2.82. The highest BCUT2D eigenvalue weighted by Crippen LogP contribution is 2.19. The van der Waals surface area contributed by atoms with Gasteiger partial charge in [-0.2, -0.15) is 0 Å². The SMILES string of the molecule is CN1CCN(Cc2ccc(Nc3cc(N(C)C(N)=O)ncn3)cc2)CC1. The zero-order chi connectivity index (χ0) is 18.5. The van der Waals surface area contributed by atoms with E-state index in [9.17, 15) is 4.79 Å². The molecular formula is C18H25N7O. The van der Waals surface area contributed by atoms with Gasteiger partial charge in [0.15, 0.2) is 0 Å². The van der Waals surface area contributed by atoms with Gasteiger partial charge in [0.2, 0.25) is 0 Å². The number of nitrogens with two attached hydrogens (primary N) is 1. The number of rotatable bonds is 5. The molecule has 26 heavy (non-hydrogen) atoms. The highest BCUT2D eigenvalue weighted by Gasteiger charge is 2.14. The quantitative estimate of drug-likeness (QED) is 0.844. The average Bonchev–Trinajstić information content (AvgIpc) is 2.65. The van der Waals surface area contributed by atoms with E-state index in [0.717, 1.165) is 38.4 Å². The second-order valence-electron chi connectivity index (χ2n) is 6.56. The van der Waals surface area contributed by atoms with Gasteiger partial charge in [0.25, 0.3) is 0 Å². The van der Waals surface area contributed by atoms with E-state index in [2.05, 4.69) is 44.3 Å². The first-order chi connectivity index (χ1) is 12.5. The Labute approximate surface area is 153 Å². The Hall–Kier alpha value is -2.71. The van der Waals surface area contributed by atoms with Crippen LogP contribution in [0.4, 0.5) is 22.1 Å². The van der Waals surface area contributed by atoms with Crippen molar-refractivity contribution in [2.24, 2.45) is 5.73 Å². The molecule has 2 amide bonds. The van der Waals surface area contributed by atoms with E-state index in [1.165, 1.54) is 16.8 Å². The molecule has 3 N–H and O–H groups in total. The van der Waals surface area contributed by atoms with Crippen LogP contribution in [0.1, 0.15) is 5.56 Å². The van der Waals surface area contributed by atoms with E-state index in [1.807, 2.05) is 12.1 Å². The number of likely N-dealkylation sites (N-methyl/N-ethyl adjacent to an activating group) is 1. The number of primary amides is 1. The van der Waals surface area contributed by atoms with Crippen molar-refractivity contribution in [3.63, 3.8) is 0 Å². The van der Waals surface area contributed by atoms with Crippen LogP contribution in [-0.2, 0) is 6.54 Å². The number of piperazine rings is 1. The third-order valence-corrected chi connectivity index (χ3v) is 4.56. The molecule has 1 aliphatic rings. The zero-order valence-corrected chi connectivity index (χ0v) is 15.2. The van der Waals surface area contributed by atoms with Gasteiger partial charge in [0.1, 0.15) is 18.0 Å². The number of amides is 2. The number of hydrogen-bond donors (Lipinski definition) is 2. The molecule has 8 nitrogen and oxygen atoms in total. The molecule has 0 aliphatic carbocycles. The Kier molecular flexibility index (Phi) is 5.65. The molecule has 1 fully saturated rings. The molecule has 3 rings (SSSR count). The Morgan fingerprint density at radius 3 is 2.54 bits per heavy atom. The van der Waals surface area contributed by atoms with E-state index in [4.69, 9.17) is 5.73 Å². The normalized spacial score (nSPS) is 15.6. The molecule has 138 valence electrons. The molecule has 1 aromatic carbocycles. The topological polar surface area (TPSA) is 90.6 Å². The van der Waals surface area contributed by atoms with Crippen LogP contribution in [-0.4, -0.2) is 66.1 Å². The van der Waals surface area contributed by atoms with Crippen LogP contribution in [0.25, 0.3) is 0 Å². The highest BCUT2D eigenvalue weighted by molar-refractivity contribution is 5.89. The van der Waals surface area contributed by atoms with Crippen LogP contribution in [0.2, 0.25) is 0 Å². The van der Waals surface area contributed by atoms with Gasteiger partial charge in [-0.1, -0.05) is 12.1 Å². The predicted molar refractivity (Wildman–Crippen MR) is 103 cm³/mol. The number of hydrogen-bond acceptors (Lipinski definition) is 6. The van der Waals surface area contributed by atoms with E-state index in [0.29, 0.717) is 11.6 Å². The molecule has 8 heteroatoms. The summed E-state index contributed by atoms with van der Waals surface area (Å²) in [4.78, 5) is 25.6. The molecule has 0 unspecified atom stereocenters. The fourth-order valence-electron chi connectivity index (χ4n) is 2.82. The maximum atomic E-state index is 11.2. The van der Waals surface area contributed by atoms with Crippen LogP contribution in [0, 0.1) is 0 Å². The van der Waals surface area contributed by atoms with Gasteiger partial charge < -0.3 is 16.0 Å². The summed E-state index contributed by atoms with van der Waals surface area (Å²) in [6, 6.07) is 9.43. The lowest BCUT2D eigenvalue weighted by atomic mass is 10.2. The molecule has 0 atom stereocenters. The third-order valence-electron chi connectivity index (χ3n) is 4.56. The van der Waals surface area contributed by atoms with Gasteiger partial charge in [0.05, 0.1) is 0 Å². The van der Waals surface area contributed by atoms with E-state index in [-0.39, 0.29) is 0 Å². The maximum Gasteiger partial charge on any atom is 0.320 e. The van der Waals surface area contributed by atoms with Crippen LogP contribution in [0.5, 0.6) is 0 Å². The summed E-state index contributed by atoms with van der Waals surface area (Å²) < 4.78 is 0. The number of nitrogens with zero attached hydrogens (tertiary/aromatic N) is 5. The van der Waals surface area contributed by atoms with Crippen molar-refractivity contribution in [2.75, 3.05) is 50.5 Å². The van der Waals surface area contributed by atoms with Crippen LogP contribution in [0.15, 0.2) is 36.7 Å². The second-order valence-corrected chi connectivity index (χ2v) is 6.56. The minimum absolute atomic E-state index is 0.446. The summed E-state index contributed by atoms with van der Waals surface area (Å²) in [7, 11) is 3.74. The molecule has 0 saturated carbocycles. The summed E-state index contributed by atoms with van der Waals surface area (Å²) in [5, 5.41) is 3.22. The fraction of sp³-hybridized carbons (Fsp3) is 0.389. The minimum atomic E-state index is -0.567. The van der Waals surface area contributed by atoms with Crippen molar-refractivity contribution in [3.05, 3.63) is 42.2 Å². The standard InChI is InChI=1S/C18H25N7O/c1-23-7-9-25(10-8-23)12-14-3-5-15(6-4-14)22-16-11-17(21-13-20-16)24(2)18(19)26/h3-6,11,13H,7-10,12H2,1-2H3,(H2,19,26)(H,20,21,22). The van der Waals surface area contributed by atoms with Gasteiger partial charge in [-0.05, 0) is 24.7 Å². The van der Waals surface area contributed by atoms with Crippen molar-refractivity contribution < 1.29 is 4.79 Å². The molecule has 0 bridgehead atoms. The first-order valence-corrected chi connectivity index (χ1v) is 8.63. The largest absolute Gasteiger partial charge is 0.351 e. The van der Waals surface area contributed by atoms with Gasteiger partial charge in [0, 0.05) is 51.5 Å². The van der Waals surface area contributed by atoms with Crippen molar-refractivity contribution in [2.45, 2.75) is 6.54 Å². The third kappa shape index (κ3) is 4.68. The lowest BCUT2D eigenvalue weighted by Crippen LogP contribution is -2.43. The van der Waals surface area contributed by atoms with Crippen molar-refractivity contribution >= 4 is 23.4 Å². The van der Waals surface area contributed by atoms with Crippen LogP contribution >= 0.6 is 0 Å². The molecule has 1 aliphatic heterocycles. The first-order valence-electron chi connectivity index (χ1n) is 8.63. The monoisotopic (exact) mass is 355 g/mol. The number of benzene rings is 1. The molecule has 0 radical (unpaired) electrons. The number of urea groups is 1. The molecular weight excluding hydrogens is 330 g/mol. The van der Waals surface area contributed by atoms with E-state index >= 15 is 0 Å². The van der Waals surface area contributed by atoms with Crippen LogP contribution in [0.3, 0.4) is 0 Å². The number of nitrogens with one attached hydrogen (secondary N) is 1. The number of carbonyl (C=O) groups excluding carboxylic acids is 1. The van der Waals surface area contributed by atoms with Crippen LogP contribution < -0.4 is 16.0 Å². The summed E-state index contributed by atoms with van der Waals surface area (Å²) in [5.41, 5.74) is 7.49. The maximum absolute atomic E-state index is 11.2. The van der Waals surface area contributed by atoms with E-state index in [1.54, 1.807) is 13.1 Å². The summed E-state index contributed by atoms with van der Waals surface area (Å²) >= 11 is 0. The number of aromatic nitrogens is 2. The minimum Gasteiger partial charge on any atom is -0.351 e. The van der Waals surface area contributed by atoms with Gasteiger partial charge >= 0.3 is 6.03 Å². The Bertz CT molecular complexity index is 741. The smallest absolute Gasteiger partial charge is 0.320 e. The summed E-state index contributed by atoms with van der Waals surface area (Å²) in [5.74, 6) is 1.05. The van der Waals surface area contributed by atoms with Crippen molar-refractivity contribution in [3.8, 4) is 0 Å². The second kappa shape index (κ2) is 8.11. The summed E-state index contributed by atoms with van der Waals surface area (Å²) in [6.45, 7) is 5.42. The van der Waals surface area contributed by atoms with Gasteiger partial charge in [-0.3, -0.25) is 9.80 Å². The molecule has 1 saturated heterocycles. The lowest BCUT2D eigenvalue weighted by Gasteiger charge is -2.32. The summed E-state index contributed by atoms with van der Waals surface area (Å²) in [6.07, 6.45) is 1.40. The Morgan fingerprint density at radius 1 is 1.19 bits per heavy atom. The van der Waals surface area contributed by atoms with Gasteiger partial charge in [-0.15, -0.1) is 0 Å². The number of carbonyl (C=O) groups is 1. The highest BCUT2D eigenvalue weighted by atomic mass is 16.2. The zero-order valence-electron chi connectivity index (χ0n) is 15.2. The molecule has 1 aromatic heterocycles. The average molecular weight is 355 g/mol. The Balaban J connectivity index is 1.61.